The maximum atomic E-state index is 14.8. The van der Waals surface area contributed by atoms with Gasteiger partial charge in [-0.1, -0.05) is 6.07 Å². The van der Waals surface area contributed by atoms with E-state index in [1.54, 1.807) is 0 Å². The van der Waals surface area contributed by atoms with Gasteiger partial charge in [-0.3, -0.25) is 9.89 Å². The van der Waals surface area contributed by atoms with Crippen LogP contribution in [0.3, 0.4) is 0 Å². The van der Waals surface area contributed by atoms with Gasteiger partial charge in [0.05, 0.1) is 30.1 Å². The Kier molecular flexibility index (Phi) is 6.89. The summed E-state index contributed by atoms with van der Waals surface area (Å²) in [6.07, 6.45) is 8.40. The number of H-pyrrole nitrogens is 1. The van der Waals surface area contributed by atoms with Gasteiger partial charge in [0.15, 0.2) is 5.67 Å². The molecule has 1 aromatic heterocycles. The van der Waals surface area contributed by atoms with E-state index in [4.69, 9.17) is 4.74 Å². The number of sulfonamides is 1. The number of hydrogen-bond acceptors (Lipinski definition) is 5. The van der Waals surface area contributed by atoms with Crippen LogP contribution < -0.4 is 4.72 Å². The molecule has 8 nitrogen and oxygen atoms in total. The van der Waals surface area contributed by atoms with Gasteiger partial charge in [0.25, 0.3) is 5.91 Å². The summed E-state index contributed by atoms with van der Waals surface area (Å²) in [5.74, 6) is 0.425. The van der Waals surface area contributed by atoms with Gasteiger partial charge in [0.1, 0.15) is 0 Å². The summed E-state index contributed by atoms with van der Waals surface area (Å²) in [6.45, 7) is 1.07. The second kappa shape index (κ2) is 9.78. The van der Waals surface area contributed by atoms with Crippen LogP contribution >= 0.6 is 0 Å². The van der Waals surface area contributed by atoms with Crippen molar-refractivity contribution < 1.29 is 22.3 Å². The van der Waals surface area contributed by atoms with Crippen LogP contribution in [0.1, 0.15) is 62.8 Å². The van der Waals surface area contributed by atoms with Gasteiger partial charge in [0, 0.05) is 25.1 Å². The Balaban J connectivity index is 1.17. The number of carbonyl (C=O) groups is 1. The molecule has 3 fully saturated rings. The molecular formula is C25H35FN4O4S. The summed E-state index contributed by atoms with van der Waals surface area (Å²) in [5, 5.41) is 8.23. The van der Waals surface area contributed by atoms with E-state index in [0.717, 1.165) is 49.3 Å². The average molecular weight is 507 g/mol. The molecule has 192 valence electrons. The van der Waals surface area contributed by atoms with Gasteiger partial charge in [0.2, 0.25) is 10.0 Å². The summed E-state index contributed by atoms with van der Waals surface area (Å²) >= 11 is 0. The van der Waals surface area contributed by atoms with E-state index in [0.29, 0.717) is 31.4 Å². The standard InChI is InChI=1S/C25H35FN4O4S/c1-35(32,33)29-22-9-12-30(24(31)25(26)10-2-11-25)15-23(22)34-16-17-3-5-18(6-4-17)19-7-8-21-20(13-19)14-27-28-21/h7-8,13-14,17-18,22-23,29H,2-6,9-12,15-16H2,1H3,(H,27,28)/t17?,18?,22-,23+/m0/s1. The highest BCUT2D eigenvalue weighted by molar-refractivity contribution is 7.88. The molecule has 2 aliphatic carbocycles. The summed E-state index contributed by atoms with van der Waals surface area (Å²) in [5.41, 5.74) is 0.636. The number of ether oxygens (including phenoxy) is 1. The van der Waals surface area contributed by atoms with Crippen molar-refractivity contribution >= 4 is 26.8 Å². The Hall–Kier alpha value is -2.04. The smallest absolute Gasteiger partial charge is 0.260 e. The van der Waals surface area contributed by atoms with E-state index < -0.39 is 33.7 Å². The van der Waals surface area contributed by atoms with Crippen molar-refractivity contribution in [2.45, 2.75) is 75.1 Å². The normalized spacial score (nSPS) is 29.1. The van der Waals surface area contributed by atoms with Crippen molar-refractivity contribution in [3.05, 3.63) is 30.0 Å². The number of halogens is 1. The van der Waals surface area contributed by atoms with Crippen LogP contribution in [0.2, 0.25) is 0 Å². The fraction of sp³-hybridized carbons (Fsp3) is 0.680. The lowest BCUT2D eigenvalue weighted by molar-refractivity contribution is -0.155. The van der Waals surface area contributed by atoms with Gasteiger partial charge >= 0.3 is 0 Å². The largest absolute Gasteiger partial charge is 0.374 e. The van der Waals surface area contributed by atoms with Crippen molar-refractivity contribution in [2.75, 3.05) is 26.0 Å². The van der Waals surface area contributed by atoms with Gasteiger partial charge in [-0.15, -0.1) is 0 Å². The Bertz CT molecular complexity index is 1160. The zero-order chi connectivity index (χ0) is 24.6. The molecule has 0 radical (unpaired) electrons. The molecular weight excluding hydrogens is 471 g/mol. The number of aromatic amines is 1. The summed E-state index contributed by atoms with van der Waals surface area (Å²) in [4.78, 5) is 14.3. The molecule has 0 unspecified atom stereocenters. The number of hydrogen-bond donors (Lipinski definition) is 2. The molecule has 2 N–H and O–H groups in total. The number of benzene rings is 1. The maximum Gasteiger partial charge on any atom is 0.260 e. The number of amides is 1. The molecule has 2 heterocycles. The van der Waals surface area contributed by atoms with E-state index in [-0.39, 0.29) is 19.4 Å². The number of piperidine rings is 1. The molecule has 5 rings (SSSR count). The Morgan fingerprint density at radius 3 is 2.71 bits per heavy atom. The first-order valence-corrected chi connectivity index (χ1v) is 14.6. The zero-order valence-electron chi connectivity index (χ0n) is 20.2. The van der Waals surface area contributed by atoms with Crippen molar-refractivity contribution in [1.82, 2.24) is 19.8 Å². The summed E-state index contributed by atoms with van der Waals surface area (Å²) in [6, 6.07) is 6.07. The Morgan fingerprint density at radius 1 is 1.26 bits per heavy atom. The van der Waals surface area contributed by atoms with E-state index >= 15 is 0 Å². The minimum atomic E-state index is -3.42. The molecule has 0 bridgehead atoms. The van der Waals surface area contributed by atoms with Crippen LogP contribution in [0, 0.1) is 5.92 Å². The minimum absolute atomic E-state index is 0.220. The van der Waals surface area contributed by atoms with Crippen LogP contribution in [-0.2, 0) is 19.6 Å². The summed E-state index contributed by atoms with van der Waals surface area (Å²) < 4.78 is 47.5. The fourth-order valence-electron chi connectivity index (χ4n) is 5.80. The number of nitrogens with one attached hydrogen (secondary N) is 2. The number of nitrogens with zero attached hydrogens (tertiary/aromatic N) is 2. The van der Waals surface area contributed by atoms with Crippen LogP contribution in [-0.4, -0.2) is 73.2 Å². The highest BCUT2D eigenvalue weighted by Crippen LogP contribution is 2.39. The third-order valence-electron chi connectivity index (χ3n) is 8.07. The lowest BCUT2D eigenvalue weighted by atomic mass is 9.79. The Labute approximate surface area is 206 Å². The van der Waals surface area contributed by atoms with Crippen molar-refractivity contribution in [2.24, 2.45) is 5.92 Å². The topological polar surface area (TPSA) is 104 Å². The van der Waals surface area contributed by atoms with Gasteiger partial charge < -0.3 is 9.64 Å². The molecule has 2 aromatic rings. The second-order valence-corrected chi connectivity index (χ2v) is 12.4. The molecule has 1 saturated heterocycles. The fourth-order valence-corrected chi connectivity index (χ4v) is 6.62. The highest BCUT2D eigenvalue weighted by atomic mass is 32.2. The monoisotopic (exact) mass is 506 g/mol. The molecule has 10 heteroatoms. The molecule has 1 aliphatic heterocycles. The van der Waals surface area contributed by atoms with Crippen molar-refractivity contribution in [3.8, 4) is 0 Å². The Morgan fingerprint density at radius 2 is 2.03 bits per heavy atom. The quantitative estimate of drug-likeness (QED) is 0.600. The first kappa shape index (κ1) is 24.6. The number of alkyl halides is 1. The first-order chi connectivity index (χ1) is 16.7. The van der Waals surface area contributed by atoms with E-state index in [9.17, 15) is 17.6 Å². The number of likely N-dealkylation sites (tertiary alicyclic amines) is 1. The average Bonchev–Trinajstić information content (AvgIpc) is 3.29. The second-order valence-electron chi connectivity index (χ2n) is 10.7. The van der Waals surface area contributed by atoms with Crippen LogP contribution in [0.25, 0.3) is 10.9 Å². The van der Waals surface area contributed by atoms with Gasteiger partial charge in [-0.2, -0.15) is 5.10 Å². The predicted octanol–water partition coefficient (Wildman–Crippen LogP) is 3.26. The van der Waals surface area contributed by atoms with Crippen molar-refractivity contribution in [1.29, 1.82) is 0 Å². The number of fused-ring (bicyclic) bond motifs is 1. The molecule has 1 amide bonds. The molecule has 35 heavy (non-hydrogen) atoms. The SMILES string of the molecule is CS(=O)(=O)N[C@H]1CCN(C(=O)C2(F)CCC2)C[C@H]1OCC1CCC(c2ccc3[nH]ncc3c2)CC1. The van der Waals surface area contributed by atoms with Gasteiger partial charge in [-0.25, -0.2) is 17.5 Å². The minimum Gasteiger partial charge on any atom is -0.374 e. The molecule has 3 aliphatic rings. The molecule has 2 atom stereocenters. The first-order valence-electron chi connectivity index (χ1n) is 12.7. The molecule has 0 spiro atoms. The van der Waals surface area contributed by atoms with Crippen molar-refractivity contribution in [3.63, 3.8) is 0 Å². The molecule has 1 aromatic carbocycles. The van der Waals surface area contributed by atoms with E-state index in [1.165, 1.54) is 10.5 Å². The van der Waals surface area contributed by atoms with Gasteiger partial charge in [-0.05, 0) is 80.9 Å². The van der Waals surface area contributed by atoms with Crippen LogP contribution in [0.5, 0.6) is 0 Å². The van der Waals surface area contributed by atoms with E-state index in [2.05, 4.69) is 33.1 Å². The third kappa shape index (κ3) is 5.54. The number of aromatic nitrogens is 2. The number of rotatable bonds is 7. The predicted molar refractivity (Wildman–Crippen MR) is 131 cm³/mol. The zero-order valence-corrected chi connectivity index (χ0v) is 21.0. The van der Waals surface area contributed by atoms with E-state index in [1.807, 2.05) is 6.20 Å². The molecule has 2 saturated carbocycles. The maximum absolute atomic E-state index is 14.8. The highest BCUT2D eigenvalue weighted by Gasteiger charge is 2.48. The third-order valence-corrected chi connectivity index (χ3v) is 8.80. The lowest BCUT2D eigenvalue weighted by Gasteiger charge is -2.43. The summed E-state index contributed by atoms with van der Waals surface area (Å²) in [7, 11) is -3.42. The van der Waals surface area contributed by atoms with Crippen LogP contribution in [0.4, 0.5) is 4.39 Å². The lowest BCUT2D eigenvalue weighted by Crippen LogP contribution is -2.60. The van der Waals surface area contributed by atoms with Crippen LogP contribution in [0.15, 0.2) is 24.4 Å². The number of carbonyl (C=O) groups excluding carboxylic acids is 1.